The Kier molecular flexibility index (Phi) is 4.48. The number of nitrogens with zero attached hydrogens (tertiary/aromatic N) is 2. The van der Waals surface area contributed by atoms with Crippen molar-refractivity contribution < 1.29 is 4.42 Å². The Morgan fingerprint density at radius 3 is 2.48 bits per heavy atom. The molecule has 1 aromatic heterocycles. The van der Waals surface area contributed by atoms with Gasteiger partial charge in [0.2, 0.25) is 0 Å². The van der Waals surface area contributed by atoms with Crippen LogP contribution < -0.4 is 10.6 Å². The molecular weight excluding hydrogens is 286 g/mol. The van der Waals surface area contributed by atoms with Gasteiger partial charge in [-0.1, -0.05) is 17.7 Å². The van der Waals surface area contributed by atoms with Gasteiger partial charge in [-0.25, -0.2) is 0 Å². The smallest absolute Gasteiger partial charge is 0.118 e. The first-order valence-corrected chi connectivity index (χ1v) is 7.63. The molecule has 0 bridgehead atoms. The van der Waals surface area contributed by atoms with Crippen molar-refractivity contribution in [2.75, 3.05) is 31.1 Å². The van der Waals surface area contributed by atoms with E-state index in [4.69, 9.17) is 21.8 Å². The monoisotopic (exact) mass is 305 g/mol. The van der Waals surface area contributed by atoms with Crippen molar-refractivity contribution in [3.63, 3.8) is 0 Å². The second-order valence-corrected chi connectivity index (χ2v) is 5.75. The lowest BCUT2D eigenvalue weighted by Crippen LogP contribution is -2.45. The lowest BCUT2D eigenvalue weighted by molar-refractivity contribution is 0.228. The van der Waals surface area contributed by atoms with Gasteiger partial charge in [0, 0.05) is 36.9 Å². The van der Waals surface area contributed by atoms with E-state index in [9.17, 15) is 0 Å². The molecule has 4 nitrogen and oxygen atoms in total. The van der Waals surface area contributed by atoms with Crippen LogP contribution in [0.3, 0.4) is 0 Å². The lowest BCUT2D eigenvalue weighted by atomic mass is 10.2. The SMILES string of the molecule is NCc1ccc(CN2CCN(c3cccc(Cl)c3)CC2)o1. The summed E-state index contributed by atoms with van der Waals surface area (Å²) in [7, 11) is 0. The van der Waals surface area contributed by atoms with E-state index in [1.54, 1.807) is 0 Å². The van der Waals surface area contributed by atoms with Crippen molar-refractivity contribution in [3.8, 4) is 0 Å². The molecule has 0 spiro atoms. The van der Waals surface area contributed by atoms with E-state index in [2.05, 4.69) is 15.9 Å². The summed E-state index contributed by atoms with van der Waals surface area (Å²) in [4.78, 5) is 4.77. The summed E-state index contributed by atoms with van der Waals surface area (Å²) >= 11 is 6.06. The van der Waals surface area contributed by atoms with E-state index >= 15 is 0 Å². The van der Waals surface area contributed by atoms with Gasteiger partial charge >= 0.3 is 0 Å². The molecule has 1 aliphatic heterocycles. The topological polar surface area (TPSA) is 45.6 Å². The molecule has 2 N–H and O–H groups in total. The Balaban J connectivity index is 1.55. The molecule has 3 rings (SSSR count). The van der Waals surface area contributed by atoms with E-state index in [0.29, 0.717) is 6.54 Å². The maximum atomic E-state index is 6.06. The van der Waals surface area contributed by atoms with E-state index in [-0.39, 0.29) is 0 Å². The van der Waals surface area contributed by atoms with Crippen LogP contribution in [0.1, 0.15) is 11.5 Å². The molecule has 0 aliphatic carbocycles. The molecule has 0 amide bonds. The van der Waals surface area contributed by atoms with Gasteiger partial charge < -0.3 is 15.1 Å². The van der Waals surface area contributed by atoms with E-state index in [0.717, 1.165) is 49.3 Å². The normalized spacial score (nSPS) is 16.4. The number of halogens is 1. The number of piperazine rings is 1. The van der Waals surface area contributed by atoms with Crippen LogP contribution in [-0.2, 0) is 13.1 Å². The summed E-state index contributed by atoms with van der Waals surface area (Å²) in [6, 6.07) is 12.0. The standard InChI is InChI=1S/C16H20ClN3O/c17-13-2-1-3-14(10-13)20-8-6-19(7-9-20)12-16-5-4-15(11-18)21-16/h1-5,10H,6-9,11-12,18H2. The number of hydrogen-bond acceptors (Lipinski definition) is 4. The van der Waals surface area contributed by atoms with Crippen LogP contribution in [0.5, 0.6) is 0 Å². The number of furan rings is 1. The first kappa shape index (κ1) is 14.4. The van der Waals surface area contributed by atoms with E-state index in [1.807, 2.05) is 30.3 Å². The summed E-state index contributed by atoms with van der Waals surface area (Å²) in [6.45, 7) is 5.36. The number of hydrogen-bond donors (Lipinski definition) is 1. The van der Waals surface area contributed by atoms with Gasteiger partial charge in [0.1, 0.15) is 11.5 Å². The van der Waals surface area contributed by atoms with Gasteiger partial charge in [-0.05, 0) is 30.3 Å². The summed E-state index contributed by atoms with van der Waals surface area (Å²) in [6.07, 6.45) is 0. The maximum Gasteiger partial charge on any atom is 0.118 e. The van der Waals surface area contributed by atoms with E-state index in [1.165, 1.54) is 5.69 Å². The highest BCUT2D eigenvalue weighted by Gasteiger charge is 2.18. The van der Waals surface area contributed by atoms with Crippen molar-refractivity contribution in [3.05, 3.63) is 52.9 Å². The quantitative estimate of drug-likeness (QED) is 0.943. The summed E-state index contributed by atoms with van der Waals surface area (Å²) < 4.78 is 5.67. The fourth-order valence-corrected chi connectivity index (χ4v) is 2.86. The first-order chi connectivity index (χ1) is 10.2. The van der Waals surface area contributed by atoms with Crippen LogP contribution in [0.15, 0.2) is 40.8 Å². The minimum Gasteiger partial charge on any atom is -0.463 e. The molecule has 2 heterocycles. The molecule has 1 aliphatic rings. The fraction of sp³-hybridized carbons (Fsp3) is 0.375. The average Bonchev–Trinajstić information content (AvgIpc) is 2.96. The molecule has 112 valence electrons. The first-order valence-electron chi connectivity index (χ1n) is 7.25. The molecule has 2 aromatic rings. The van der Waals surface area contributed by atoms with Crippen molar-refractivity contribution in [2.45, 2.75) is 13.1 Å². The van der Waals surface area contributed by atoms with Crippen LogP contribution in [0.2, 0.25) is 5.02 Å². The third kappa shape index (κ3) is 3.59. The molecule has 1 saturated heterocycles. The second-order valence-electron chi connectivity index (χ2n) is 5.32. The molecule has 5 heteroatoms. The van der Waals surface area contributed by atoms with Gasteiger partial charge in [0.15, 0.2) is 0 Å². The lowest BCUT2D eigenvalue weighted by Gasteiger charge is -2.35. The highest BCUT2D eigenvalue weighted by atomic mass is 35.5. The Morgan fingerprint density at radius 2 is 1.81 bits per heavy atom. The minimum atomic E-state index is 0.461. The Hall–Kier alpha value is -1.49. The highest BCUT2D eigenvalue weighted by molar-refractivity contribution is 6.30. The van der Waals surface area contributed by atoms with Crippen molar-refractivity contribution in [1.29, 1.82) is 0 Å². The van der Waals surface area contributed by atoms with Gasteiger partial charge in [-0.3, -0.25) is 4.90 Å². The van der Waals surface area contributed by atoms with Crippen molar-refractivity contribution >= 4 is 17.3 Å². The fourth-order valence-electron chi connectivity index (χ4n) is 2.67. The molecule has 0 unspecified atom stereocenters. The molecule has 0 atom stereocenters. The molecule has 21 heavy (non-hydrogen) atoms. The van der Waals surface area contributed by atoms with E-state index < -0.39 is 0 Å². The van der Waals surface area contributed by atoms with Crippen LogP contribution in [0.25, 0.3) is 0 Å². The van der Waals surface area contributed by atoms with Crippen molar-refractivity contribution in [2.24, 2.45) is 5.73 Å². The molecule has 1 fully saturated rings. The van der Waals surface area contributed by atoms with Crippen LogP contribution in [-0.4, -0.2) is 31.1 Å². The zero-order valence-corrected chi connectivity index (χ0v) is 12.7. The summed E-state index contributed by atoms with van der Waals surface area (Å²) in [5, 5.41) is 0.792. The average molecular weight is 306 g/mol. The van der Waals surface area contributed by atoms with Gasteiger partial charge in [-0.15, -0.1) is 0 Å². The summed E-state index contributed by atoms with van der Waals surface area (Å²) in [5.74, 6) is 1.84. The number of nitrogens with two attached hydrogens (primary N) is 1. The third-order valence-corrected chi connectivity index (χ3v) is 4.08. The largest absolute Gasteiger partial charge is 0.463 e. The Morgan fingerprint density at radius 1 is 1.05 bits per heavy atom. The predicted molar refractivity (Wildman–Crippen MR) is 85.5 cm³/mol. The van der Waals surface area contributed by atoms with Crippen molar-refractivity contribution in [1.82, 2.24) is 4.90 Å². The van der Waals surface area contributed by atoms with Crippen LogP contribution >= 0.6 is 11.6 Å². The second kappa shape index (κ2) is 6.52. The minimum absolute atomic E-state index is 0.461. The number of anilines is 1. The van der Waals surface area contributed by atoms with Crippen LogP contribution in [0.4, 0.5) is 5.69 Å². The summed E-state index contributed by atoms with van der Waals surface area (Å²) in [5.41, 5.74) is 6.77. The zero-order valence-electron chi connectivity index (χ0n) is 12.0. The highest BCUT2D eigenvalue weighted by Crippen LogP contribution is 2.21. The Bertz CT molecular complexity index is 591. The predicted octanol–water partition coefficient (Wildman–Crippen LogP) is 2.71. The molecule has 1 aromatic carbocycles. The van der Waals surface area contributed by atoms with Gasteiger partial charge in [0.25, 0.3) is 0 Å². The maximum absolute atomic E-state index is 6.06. The van der Waals surface area contributed by atoms with Gasteiger partial charge in [-0.2, -0.15) is 0 Å². The Labute approximate surface area is 130 Å². The van der Waals surface area contributed by atoms with Gasteiger partial charge in [0.05, 0.1) is 13.1 Å². The van der Waals surface area contributed by atoms with Crippen LogP contribution in [0, 0.1) is 0 Å². The molecular formula is C16H20ClN3O. The number of benzene rings is 1. The zero-order chi connectivity index (χ0) is 14.7. The molecule has 0 radical (unpaired) electrons. The third-order valence-electron chi connectivity index (χ3n) is 3.84. The molecule has 0 saturated carbocycles. The number of rotatable bonds is 4.